The van der Waals surface area contributed by atoms with Crippen LogP contribution in [0.5, 0.6) is 0 Å². The molecule has 0 saturated carbocycles. The van der Waals surface area contributed by atoms with E-state index in [4.69, 9.17) is 17.3 Å². The molecule has 0 unspecified atom stereocenters. The fourth-order valence-corrected chi connectivity index (χ4v) is 3.30. The van der Waals surface area contributed by atoms with Crippen LogP contribution in [0.25, 0.3) is 5.69 Å². The third kappa shape index (κ3) is 1.51. The van der Waals surface area contributed by atoms with Gasteiger partial charge in [-0.05, 0) is 18.6 Å². The topological polar surface area (TPSA) is 81.2 Å². The fraction of sp³-hybridized carbons (Fsp3) is 0.214. The van der Waals surface area contributed by atoms with Crippen LogP contribution < -0.4 is 5.73 Å². The molecule has 6 nitrogen and oxygen atoms in total. The van der Waals surface area contributed by atoms with E-state index < -0.39 is 11.7 Å². The number of carbonyl (C=O) groups excluding carboxylic acids is 2. The number of imidazole rings is 1. The lowest BCUT2D eigenvalue weighted by Gasteiger charge is -2.39. The highest BCUT2D eigenvalue weighted by Crippen LogP contribution is 2.42. The van der Waals surface area contributed by atoms with E-state index in [1.54, 1.807) is 9.47 Å². The Morgan fingerprint density at radius 2 is 2.23 bits per heavy atom. The van der Waals surface area contributed by atoms with Crippen molar-refractivity contribution in [3.63, 3.8) is 0 Å². The highest BCUT2D eigenvalue weighted by molar-refractivity contribution is 6.34. The molecule has 2 aliphatic rings. The molecular weight excluding hydrogens is 311 g/mol. The lowest BCUT2D eigenvalue weighted by atomic mass is 9.97. The van der Waals surface area contributed by atoms with E-state index in [-0.39, 0.29) is 28.2 Å². The summed E-state index contributed by atoms with van der Waals surface area (Å²) in [5.41, 5.74) is 6.53. The molecule has 1 atom stereocenters. The summed E-state index contributed by atoms with van der Waals surface area (Å²) in [5, 5.41) is -0.227. The molecule has 8 heteroatoms. The molecule has 2 aromatic rings. The van der Waals surface area contributed by atoms with Gasteiger partial charge in [-0.15, -0.1) is 0 Å². The first-order chi connectivity index (χ1) is 10.5. The Balaban J connectivity index is 2.08. The van der Waals surface area contributed by atoms with Crippen LogP contribution in [0, 0.1) is 5.82 Å². The highest BCUT2D eigenvalue weighted by Gasteiger charge is 2.43. The van der Waals surface area contributed by atoms with Crippen molar-refractivity contribution >= 4 is 23.4 Å². The quantitative estimate of drug-likeness (QED) is 0.867. The van der Waals surface area contributed by atoms with E-state index in [1.165, 1.54) is 18.5 Å². The van der Waals surface area contributed by atoms with Crippen molar-refractivity contribution in [3.05, 3.63) is 46.3 Å². The average Bonchev–Trinajstić information content (AvgIpc) is 2.82. The van der Waals surface area contributed by atoms with Gasteiger partial charge in [-0.1, -0.05) is 11.6 Å². The molecular formula is C14H10ClFN4O2. The summed E-state index contributed by atoms with van der Waals surface area (Å²) in [5.74, 6) is -1.68. The minimum absolute atomic E-state index is 0.0820. The maximum atomic E-state index is 13.8. The minimum atomic E-state index is -0.662. The van der Waals surface area contributed by atoms with Crippen LogP contribution >= 0.6 is 11.6 Å². The van der Waals surface area contributed by atoms with Crippen molar-refractivity contribution in [2.45, 2.75) is 12.5 Å². The van der Waals surface area contributed by atoms with Gasteiger partial charge in [0.25, 0.3) is 11.8 Å². The predicted octanol–water partition coefficient (Wildman–Crippen LogP) is 1.66. The molecule has 3 heterocycles. The van der Waals surface area contributed by atoms with E-state index in [0.29, 0.717) is 24.3 Å². The molecule has 0 spiro atoms. The van der Waals surface area contributed by atoms with E-state index in [2.05, 4.69) is 4.98 Å². The molecule has 22 heavy (non-hydrogen) atoms. The van der Waals surface area contributed by atoms with Crippen molar-refractivity contribution in [1.29, 1.82) is 0 Å². The van der Waals surface area contributed by atoms with E-state index >= 15 is 0 Å². The number of fused-ring (bicyclic) bond motifs is 5. The van der Waals surface area contributed by atoms with Crippen LogP contribution in [-0.4, -0.2) is 32.8 Å². The summed E-state index contributed by atoms with van der Waals surface area (Å²) in [4.78, 5) is 29.8. The molecule has 112 valence electrons. The molecule has 1 fully saturated rings. The summed E-state index contributed by atoms with van der Waals surface area (Å²) in [6.07, 6.45) is 2.10. The van der Waals surface area contributed by atoms with Gasteiger partial charge in [-0.2, -0.15) is 0 Å². The maximum absolute atomic E-state index is 13.8. The molecule has 4 rings (SSSR count). The summed E-state index contributed by atoms with van der Waals surface area (Å²) >= 11 is 6.00. The Labute approximate surface area is 129 Å². The maximum Gasteiger partial charge on any atom is 0.269 e. The van der Waals surface area contributed by atoms with E-state index in [1.807, 2.05) is 0 Å². The van der Waals surface area contributed by atoms with Crippen molar-refractivity contribution in [2.24, 2.45) is 5.73 Å². The fourth-order valence-electron chi connectivity index (χ4n) is 3.06. The molecule has 1 aromatic heterocycles. The van der Waals surface area contributed by atoms with Gasteiger partial charge in [0, 0.05) is 6.54 Å². The monoisotopic (exact) mass is 320 g/mol. The third-order valence-electron chi connectivity index (χ3n) is 4.18. The van der Waals surface area contributed by atoms with Gasteiger partial charge < -0.3 is 10.6 Å². The molecule has 2 amide bonds. The minimum Gasteiger partial charge on any atom is -0.364 e. The number of carbonyl (C=O) groups is 2. The first kappa shape index (κ1) is 13.3. The van der Waals surface area contributed by atoms with Crippen molar-refractivity contribution in [2.75, 3.05) is 6.54 Å². The number of halogens is 2. The Morgan fingerprint density at radius 1 is 1.45 bits per heavy atom. The number of hydrogen-bond acceptors (Lipinski definition) is 3. The number of benzene rings is 1. The Hall–Kier alpha value is -2.41. The van der Waals surface area contributed by atoms with Gasteiger partial charge in [-0.3, -0.25) is 14.2 Å². The lowest BCUT2D eigenvalue weighted by Crippen LogP contribution is -2.45. The summed E-state index contributed by atoms with van der Waals surface area (Å²) in [6, 6.07) is 2.34. The second-order valence-electron chi connectivity index (χ2n) is 5.27. The standard InChI is InChI=1S/C14H10ClFN4O2/c15-10-6(16)1-2-7-9(10)14(22)19-4-3-8(19)12-11(13(17)21)18-5-20(7)12/h1-2,5,8H,3-4H2,(H2,17,21)/t8-/m0/s1. The highest BCUT2D eigenvalue weighted by atomic mass is 35.5. The Kier molecular flexibility index (Phi) is 2.59. The van der Waals surface area contributed by atoms with Crippen LogP contribution in [0.4, 0.5) is 4.39 Å². The molecule has 0 radical (unpaired) electrons. The van der Waals surface area contributed by atoms with Gasteiger partial charge in [0.1, 0.15) is 12.1 Å². The SMILES string of the molecule is NC(=O)c1ncn2c1[C@@H]1CCN1C(=O)c1c-2ccc(F)c1Cl. The summed E-state index contributed by atoms with van der Waals surface area (Å²) in [6.45, 7) is 0.513. The number of primary amides is 1. The van der Waals surface area contributed by atoms with Gasteiger partial charge in [0.15, 0.2) is 5.69 Å². The van der Waals surface area contributed by atoms with Crippen LogP contribution in [0.15, 0.2) is 18.5 Å². The van der Waals surface area contributed by atoms with Gasteiger partial charge in [-0.25, -0.2) is 9.37 Å². The van der Waals surface area contributed by atoms with Gasteiger partial charge >= 0.3 is 0 Å². The number of nitrogens with zero attached hydrogens (tertiary/aromatic N) is 3. The second kappa shape index (κ2) is 4.30. The third-order valence-corrected chi connectivity index (χ3v) is 4.55. The van der Waals surface area contributed by atoms with Gasteiger partial charge in [0.05, 0.1) is 28.0 Å². The second-order valence-corrected chi connectivity index (χ2v) is 5.65. The van der Waals surface area contributed by atoms with Crippen LogP contribution in [0.3, 0.4) is 0 Å². The van der Waals surface area contributed by atoms with Crippen LogP contribution in [0.1, 0.15) is 39.0 Å². The first-order valence-electron chi connectivity index (χ1n) is 6.67. The summed E-state index contributed by atoms with van der Waals surface area (Å²) in [7, 11) is 0. The zero-order valence-electron chi connectivity index (χ0n) is 11.2. The summed E-state index contributed by atoms with van der Waals surface area (Å²) < 4.78 is 15.4. The Bertz CT molecular complexity index is 848. The molecule has 2 aliphatic heterocycles. The molecule has 0 bridgehead atoms. The number of amides is 2. The zero-order valence-corrected chi connectivity index (χ0v) is 12.0. The average molecular weight is 321 g/mol. The largest absolute Gasteiger partial charge is 0.364 e. The van der Waals surface area contributed by atoms with E-state index in [0.717, 1.165) is 0 Å². The van der Waals surface area contributed by atoms with Crippen LogP contribution in [-0.2, 0) is 0 Å². The zero-order chi connectivity index (χ0) is 15.6. The molecule has 1 saturated heterocycles. The smallest absolute Gasteiger partial charge is 0.269 e. The number of aromatic nitrogens is 2. The Morgan fingerprint density at radius 3 is 2.86 bits per heavy atom. The molecule has 0 aliphatic carbocycles. The van der Waals surface area contributed by atoms with Crippen molar-refractivity contribution in [3.8, 4) is 5.69 Å². The van der Waals surface area contributed by atoms with Crippen molar-refractivity contribution in [1.82, 2.24) is 14.5 Å². The van der Waals surface area contributed by atoms with Crippen LogP contribution in [0.2, 0.25) is 5.02 Å². The number of hydrogen-bond donors (Lipinski definition) is 1. The normalized spacial score (nSPS) is 18.9. The number of nitrogens with two attached hydrogens (primary N) is 1. The molecule has 1 aromatic carbocycles. The van der Waals surface area contributed by atoms with E-state index in [9.17, 15) is 14.0 Å². The van der Waals surface area contributed by atoms with Crippen molar-refractivity contribution < 1.29 is 14.0 Å². The van der Waals surface area contributed by atoms with Gasteiger partial charge in [0.2, 0.25) is 0 Å². The predicted molar refractivity (Wildman–Crippen MR) is 75.4 cm³/mol. The molecule has 2 N–H and O–H groups in total. The first-order valence-corrected chi connectivity index (χ1v) is 7.05. The number of rotatable bonds is 1. The lowest BCUT2D eigenvalue weighted by molar-refractivity contribution is 0.0456.